The third-order valence-corrected chi connectivity index (χ3v) is 3.63. The Balaban J connectivity index is 2.58. The molecule has 0 saturated carbocycles. The van der Waals surface area contributed by atoms with E-state index in [1.165, 1.54) is 6.42 Å². The van der Waals surface area contributed by atoms with Crippen LogP contribution in [0.2, 0.25) is 0 Å². The molecule has 0 bridgehead atoms. The van der Waals surface area contributed by atoms with E-state index in [4.69, 9.17) is 9.84 Å². The minimum Gasteiger partial charge on any atom is -0.478 e. The molecule has 1 rings (SSSR count). The van der Waals surface area contributed by atoms with E-state index in [9.17, 15) is 22.8 Å². The first-order valence-corrected chi connectivity index (χ1v) is 8.56. The molecule has 5 nitrogen and oxygen atoms in total. The lowest BCUT2D eigenvalue weighted by Gasteiger charge is -2.12. The SMILES string of the molecule is CCCCCCCCCC(=O)Oc1cc(OC(F)(F)F)ccc1C(=O)O. The number of unbranched alkanes of at least 4 members (excludes halogenated alkanes) is 6. The summed E-state index contributed by atoms with van der Waals surface area (Å²) in [6, 6.07) is 2.50. The van der Waals surface area contributed by atoms with Gasteiger partial charge in [-0.15, -0.1) is 13.2 Å². The Morgan fingerprint density at radius 1 is 1.04 bits per heavy atom. The molecule has 1 N–H and O–H groups in total. The van der Waals surface area contributed by atoms with Crippen LogP contribution in [-0.2, 0) is 4.79 Å². The molecule has 0 aromatic heterocycles. The molecule has 0 aliphatic rings. The van der Waals surface area contributed by atoms with Crippen LogP contribution in [0.25, 0.3) is 0 Å². The standard InChI is InChI=1S/C18H23F3O5/c1-2-3-4-5-6-7-8-9-16(22)25-15-12-13(26-18(19,20)21)10-11-14(15)17(23)24/h10-12H,2-9H2,1H3,(H,23,24). The number of carboxylic acid groups (broad SMARTS) is 1. The van der Waals surface area contributed by atoms with E-state index in [0.717, 1.165) is 50.3 Å². The average Bonchev–Trinajstić information content (AvgIpc) is 2.52. The van der Waals surface area contributed by atoms with Crippen molar-refractivity contribution >= 4 is 11.9 Å². The largest absolute Gasteiger partial charge is 0.573 e. The fraction of sp³-hybridized carbons (Fsp3) is 0.556. The predicted molar refractivity (Wildman–Crippen MR) is 88.3 cm³/mol. The lowest BCUT2D eigenvalue weighted by Crippen LogP contribution is -2.17. The van der Waals surface area contributed by atoms with Crippen LogP contribution in [-0.4, -0.2) is 23.4 Å². The number of carboxylic acids is 1. The summed E-state index contributed by atoms with van der Waals surface area (Å²) in [6.45, 7) is 2.12. The van der Waals surface area contributed by atoms with E-state index in [1.54, 1.807) is 0 Å². The van der Waals surface area contributed by atoms with Crippen molar-refractivity contribution in [3.05, 3.63) is 23.8 Å². The second kappa shape index (κ2) is 10.7. The van der Waals surface area contributed by atoms with Gasteiger partial charge < -0.3 is 14.6 Å². The summed E-state index contributed by atoms with van der Waals surface area (Å²) in [5, 5.41) is 9.06. The van der Waals surface area contributed by atoms with Gasteiger partial charge in [0.15, 0.2) is 0 Å². The van der Waals surface area contributed by atoms with Gasteiger partial charge in [-0.25, -0.2) is 4.79 Å². The van der Waals surface area contributed by atoms with Gasteiger partial charge in [0, 0.05) is 12.5 Å². The first kappa shape index (κ1) is 21.8. The summed E-state index contributed by atoms with van der Waals surface area (Å²) < 4.78 is 45.5. The molecule has 0 aliphatic heterocycles. The van der Waals surface area contributed by atoms with E-state index in [0.29, 0.717) is 6.42 Å². The molecule has 1 aromatic rings. The highest BCUT2D eigenvalue weighted by molar-refractivity contribution is 5.92. The molecule has 0 amide bonds. The quantitative estimate of drug-likeness (QED) is 0.321. The number of rotatable bonds is 11. The lowest BCUT2D eigenvalue weighted by molar-refractivity contribution is -0.274. The molecule has 0 aliphatic carbocycles. The van der Waals surface area contributed by atoms with Gasteiger partial charge in [-0.1, -0.05) is 45.4 Å². The van der Waals surface area contributed by atoms with Gasteiger partial charge in [0.05, 0.1) is 0 Å². The first-order chi connectivity index (χ1) is 12.2. The zero-order valence-electron chi connectivity index (χ0n) is 14.6. The molecule has 0 fully saturated rings. The van der Waals surface area contributed by atoms with Crippen molar-refractivity contribution < 1.29 is 37.3 Å². The lowest BCUT2D eigenvalue weighted by atomic mass is 10.1. The number of halogens is 3. The summed E-state index contributed by atoms with van der Waals surface area (Å²) in [5.41, 5.74) is -0.410. The van der Waals surface area contributed by atoms with Gasteiger partial charge in [0.1, 0.15) is 17.1 Å². The fourth-order valence-electron chi connectivity index (χ4n) is 2.36. The number of alkyl halides is 3. The minimum atomic E-state index is -4.93. The maximum Gasteiger partial charge on any atom is 0.573 e. The Bertz CT molecular complexity index is 599. The molecular formula is C18H23F3O5. The highest BCUT2D eigenvalue weighted by atomic mass is 19.4. The number of esters is 1. The van der Waals surface area contributed by atoms with Gasteiger partial charge in [-0.2, -0.15) is 0 Å². The van der Waals surface area contributed by atoms with Crippen LogP contribution in [0.3, 0.4) is 0 Å². The van der Waals surface area contributed by atoms with Crippen molar-refractivity contribution in [3.63, 3.8) is 0 Å². The molecule has 0 atom stereocenters. The normalized spacial score (nSPS) is 11.2. The Kier molecular flexibility index (Phi) is 8.95. The van der Waals surface area contributed by atoms with Gasteiger partial charge in [-0.05, 0) is 18.6 Å². The van der Waals surface area contributed by atoms with Crippen LogP contribution < -0.4 is 9.47 Å². The number of aromatic carboxylic acids is 1. The average molecular weight is 376 g/mol. The van der Waals surface area contributed by atoms with E-state index in [2.05, 4.69) is 11.7 Å². The first-order valence-electron chi connectivity index (χ1n) is 8.56. The Morgan fingerprint density at radius 3 is 2.23 bits per heavy atom. The zero-order valence-corrected chi connectivity index (χ0v) is 14.6. The number of benzene rings is 1. The molecule has 0 radical (unpaired) electrons. The molecule has 0 heterocycles. The van der Waals surface area contributed by atoms with Gasteiger partial charge in [0.2, 0.25) is 0 Å². The predicted octanol–water partition coefficient (Wildman–Crippen LogP) is 5.33. The summed E-state index contributed by atoms with van der Waals surface area (Å²) in [5.74, 6) is -3.22. The van der Waals surface area contributed by atoms with Crippen LogP contribution in [0.4, 0.5) is 13.2 Å². The Morgan fingerprint density at radius 2 is 1.65 bits per heavy atom. The monoisotopic (exact) mass is 376 g/mol. The minimum absolute atomic E-state index is 0.0667. The second-order valence-corrected chi connectivity index (χ2v) is 5.86. The summed E-state index contributed by atoms with van der Waals surface area (Å²) in [6.07, 6.45) is 2.10. The Hall–Kier alpha value is -2.25. The van der Waals surface area contributed by atoms with Gasteiger partial charge in [0.25, 0.3) is 0 Å². The van der Waals surface area contributed by atoms with Crippen molar-refractivity contribution in [3.8, 4) is 11.5 Å². The molecule has 8 heteroatoms. The molecule has 26 heavy (non-hydrogen) atoms. The van der Waals surface area contributed by atoms with Crippen molar-refractivity contribution in [2.24, 2.45) is 0 Å². The summed E-state index contributed by atoms with van der Waals surface area (Å²) in [4.78, 5) is 23.0. The van der Waals surface area contributed by atoms with Crippen molar-refractivity contribution in [1.29, 1.82) is 0 Å². The number of hydrogen-bond acceptors (Lipinski definition) is 4. The van der Waals surface area contributed by atoms with Crippen molar-refractivity contribution in [2.75, 3.05) is 0 Å². The highest BCUT2D eigenvalue weighted by Gasteiger charge is 2.31. The van der Waals surface area contributed by atoms with E-state index in [-0.39, 0.29) is 6.42 Å². The Labute approximate surface area is 150 Å². The number of ether oxygens (including phenoxy) is 2. The zero-order chi connectivity index (χ0) is 19.6. The topological polar surface area (TPSA) is 72.8 Å². The van der Waals surface area contributed by atoms with E-state index >= 15 is 0 Å². The van der Waals surface area contributed by atoms with Gasteiger partial charge >= 0.3 is 18.3 Å². The maximum atomic E-state index is 12.3. The number of hydrogen-bond donors (Lipinski definition) is 1. The molecule has 1 aromatic carbocycles. The second-order valence-electron chi connectivity index (χ2n) is 5.86. The molecule has 0 saturated heterocycles. The molecule has 0 unspecified atom stereocenters. The van der Waals surface area contributed by atoms with Crippen molar-refractivity contribution in [2.45, 2.75) is 64.7 Å². The summed E-state index contributed by atoms with van der Waals surface area (Å²) >= 11 is 0. The van der Waals surface area contributed by atoms with E-state index < -0.39 is 35.4 Å². The third kappa shape index (κ3) is 8.73. The van der Waals surface area contributed by atoms with Crippen molar-refractivity contribution in [1.82, 2.24) is 0 Å². The molecule has 0 spiro atoms. The van der Waals surface area contributed by atoms with Crippen LogP contribution in [0.1, 0.15) is 68.6 Å². The molecular weight excluding hydrogens is 353 g/mol. The van der Waals surface area contributed by atoms with Crippen LogP contribution in [0.5, 0.6) is 11.5 Å². The van der Waals surface area contributed by atoms with Crippen LogP contribution in [0, 0.1) is 0 Å². The van der Waals surface area contributed by atoms with E-state index in [1.807, 2.05) is 0 Å². The highest BCUT2D eigenvalue weighted by Crippen LogP contribution is 2.29. The summed E-state index contributed by atoms with van der Waals surface area (Å²) in [7, 11) is 0. The van der Waals surface area contributed by atoms with Crippen LogP contribution in [0.15, 0.2) is 18.2 Å². The fourth-order valence-corrected chi connectivity index (χ4v) is 2.36. The third-order valence-electron chi connectivity index (χ3n) is 3.63. The smallest absolute Gasteiger partial charge is 0.478 e. The number of carbonyl (C=O) groups is 2. The number of carbonyl (C=O) groups excluding carboxylic acids is 1. The maximum absolute atomic E-state index is 12.3. The van der Waals surface area contributed by atoms with Crippen LogP contribution >= 0.6 is 0 Å². The van der Waals surface area contributed by atoms with Gasteiger partial charge in [-0.3, -0.25) is 4.79 Å². The molecule has 146 valence electrons.